The molecule has 0 aromatic heterocycles. The van der Waals surface area contributed by atoms with Crippen LogP contribution in [-0.4, -0.2) is 25.4 Å². The summed E-state index contributed by atoms with van der Waals surface area (Å²) in [4.78, 5) is 0. The number of benzene rings is 1. The van der Waals surface area contributed by atoms with Crippen molar-refractivity contribution in [3.8, 4) is 5.75 Å². The number of halogens is 1. The Balaban J connectivity index is 1.81. The summed E-state index contributed by atoms with van der Waals surface area (Å²) in [5.74, 6) is 1.97. The Kier molecular flexibility index (Phi) is 6.33. The van der Waals surface area contributed by atoms with Gasteiger partial charge in [-0.2, -0.15) is 0 Å². The molecule has 1 aliphatic rings. The monoisotopic (exact) mass is 341 g/mol. The minimum absolute atomic E-state index is 0.334. The third-order valence-corrected chi connectivity index (χ3v) is 4.87. The number of hydrogen-bond acceptors (Lipinski definition) is 3. The molecule has 0 aliphatic heterocycles. The van der Waals surface area contributed by atoms with Crippen LogP contribution in [0.4, 0.5) is 0 Å². The molecule has 1 fully saturated rings. The molecule has 1 aliphatic carbocycles. The molecule has 1 saturated carbocycles. The predicted molar refractivity (Wildman–Crippen MR) is 84.9 cm³/mol. The van der Waals surface area contributed by atoms with E-state index in [0.717, 1.165) is 23.3 Å². The van der Waals surface area contributed by atoms with Gasteiger partial charge < -0.3 is 15.2 Å². The lowest BCUT2D eigenvalue weighted by atomic mass is 9.79. The zero-order valence-corrected chi connectivity index (χ0v) is 13.7. The van der Waals surface area contributed by atoms with Crippen LogP contribution in [-0.2, 0) is 6.54 Å². The molecule has 2 N–H and O–H groups in total. The molecule has 2 atom stereocenters. The summed E-state index contributed by atoms with van der Waals surface area (Å²) in [5, 5.41) is 13.0. The van der Waals surface area contributed by atoms with Gasteiger partial charge in [0.15, 0.2) is 0 Å². The fraction of sp³-hybridized carbons (Fsp3) is 0.625. The zero-order chi connectivity index (χ0) is 14.4. The van der Waals surface area contributed by atoms with E-state index in [1.54, 1.807) is 7.11 Å². The van der Waals surface area contributed by atoms with Crippen molar-refractivity contribution in [1.82, 2.24) is 5.32 Å². The average molecular weight is 342 g/mol. The highest BCUT2D eigenvalue weighted by atomic mass is 79.9. The van der Waals surface area contributed by atoms with Crippen molar-refractivity contribution in [3.05, 3.63) is 28.2 Å². The molecule has 3 nitrogen and oxygen atoms in total. The molecule has 1 aromatic carbocycles. The van der Waals surface area contributed by atoms with Gasteiger partial charge in [-0.25, -0.2) is 0 Å². The Labute approximate surface area is 129 Å². The summed E-state index contributed by atoms with van der Waals surface area (Å²) in [6.07, 6.45) is 4.99. The molecule has 0 saturated heterocycles. The Hall–Kier alpha value is -0.580. The summed E-state index contributed by atoms with van der Waals surface area (Å²) in [7, 11) is 1.68. The SMILES string of the molecule is COc1ccc(CNCC2CCCCC2CO)cc1Br. The molecule has 0 amide bonds. The molecule has 4 heteroatoms. The molecule has 112 valence electrons. The van der Waals surface area contributed by atoms with Gasteiger partial charge in [-0.15, -0.1) is 0 Å². The number of aliphatic hydroxyl groups excluding tert-OH is 1. The summed E-state index contributed by atoms with van der Waals surface area (Å²) in [5.41, 5.74) is 1.24. The van der Waals surface area contributed by atoms with Gasteiger partial charge in [0.2, 0.25) is 0 Å². The molecule has 0 spiro atoms. The lowest BCUT2D eigenvalue weighted by Crippen LogP contribution is -2.32. The van der Waals surface area contributed by atoms with Crippen LogP contribution in [0.3, 0.4) is 0 Å². The first kappa shape index (κ1) is 15.8. The smallest absolute Gasteiger partial charge is 0.133 e. The quantitative estimate of drug-likeness (QED) is 0.833. The Bertz CT molecular complexity index is 425. The van der Waals surface area contributed by atoms with Crippen LogP contribution in [0, 0.1) is 11.8 Å². The van der Waals surface area contributed by atoms with Crippen LogP contribution in [0.15, 0.2) is 22.7 Å². The Morgan fingerprint density at radius 2 is 2.05 bits per heavy atom. The zero-order valence-electron chi connectivity index (χ0n) is 12.1. The van der Waals surface area contributed by atoms with Crippen molar-refractivity contribution in [1.29, 1.82) is 0 Å². The number of hydrogen-bond donors (Lipinski definition) is 2. The van der Waals surface area contributed by atoms with Crippen LogP contribution in [0.2, 0.25) is 0 Å². The van der Waals surface area contributed by atoms with Crippen LogP contribution in [0.5, 0.6) is 5.75 Å². The van der Waals surface area contributed by atoms with E-state index in [1.165, 1.54) is 31.2 Å². The van der Waals surface area contributed by atoms with Gasteiger partial charge in [0.05, 0.1) is 11.6 Å². The molecule has 2 unspecified atom stereocenters. The molecular weight excluding hydrogens is 318 g/mol. The van der Waals surface area contributed by atoms with E-state index in [4.69, 9.17) is 4.74 Å². The minimum Gasteiger partial charge on any atom is -0.496 e. The van der Waals surface area contributed by atoms with Gasteiger partial charge in [0, 0.05) is 13.2 Å². The van der Waals surface area contributed by atoms with Crippen LogP contribution >= 0.6 is 15.9 Å². The topological polar surface area (TPSA) is 41.5 Å². The highest BCUT2D eigenvalue weighted by molar-refractivity contribution is 9.10. The lowest BCUT2D eigenvalue weighted by Gasteiger charge is -2.30. The Morgan fingerprint density at radius 3 is 2.70 bits per heavy atom. The van der Waals surface area contributed by atoms with Crippen molar-refractivity contribution in [3.63, 3.8) is 0 Å². The standard InChI is InChI=1S/C16H24BrNO2/c1-20-16-7-6-12(8-15(16)17)9-18-10-13-4-2-3-5-14(13)11-19/h6-8,13-14,18-19H,2-5,9-11H2,1H3. The van der Waals surface area contributed by atoms with Crippen molar-refractivity contribution in [2.75, 3.05) is 20.3 Å². The predicted octanol–water partition coefficient (Wildman–Crippen LogP) is 3.35. The van der Waals surface area contributed by atoms with Gasteiger partial charge in [-0.3, -0.25) is 0 Å². The largest absolute Gasteiger partial charge is 0.496 e. The Morgan fingerprint density at radius 1 is 1.30 bits per heavy atom. The highest BCUT2D eigenvalue weighted by Gasteiger charge is 2.23. The van der Waals surface area contributed by atoms with E-state index in [-0.39, 0.29) is 0 Å². The fourth-order valence-electron chi connectivity index (χ4n) is 3.02. The first-order valence-corrected chi connectivity index (χ1v) is 8.18. The second kappa shape index (κ2) is 8.01. The molecule has 0 radical (unpaired) electrons. The maximum Gasteiger partial charge on any atom is 0.133 e. The van der Waals surface area contributed by atoms with E-state index >= 15 is 0 Å². The van der Waals surface area contributed by atoms with Gasteiger partial charge in [0.1, 0.15) is 5.75 Å². The average Bonchev–Trinajstić information content (AvgIpc) is 2.48. The number of rotatable bonds is 6. The molecular formula is C16H24BrNO2. The van der Waals surface area contributed by atoms with Crippen LogP contribution in [0.25, 0.3) is 0 Å². The normalized spacial score (nSPS) is 22.8. The second-order valence-electron chi connectivity index (χ2n) is 5.59. The molecule has 20 heavy (non-hydrogen) atoms. The molecule has 0 bridgehead atoms. The first-order valence-electron chi connectivity index (χ1n) is 7.38. The minimum atomic E-state index is 0.334. The van der Waals surface area contributed by atoms with Gasteiger partial charge in [-0.05, 0) is 64.8 Å². The van der Waals surface area contributed by atoms with Gasteiger partial charge >= 0.3 is 0 Å². The number of ether oxygens (including phenoxy) is 1. The number of aliphatic hydroxyl groups is 1. The molecule has 1 aromatic rings. The highest BCUT2D eigenvalue weighted by Crippen LogP contribution is 2.29. The van der Waals surface area contributed by atoms with Crippen molar-refractivity contribution >= 4 is 15.9 Å². The summed E-state index contributed by atoms with van der Waals surface area (Å²) >= 11 is 3.51. The van der Waals surface area contributed by atoms with E-state index in [9.17, 15) is 5.11 Å². The third kappa shape index (κ3) is 4.21. The summed E-state index contributed by atoms with van der Waals surface area (Å²) < 4.78 is 6.22. The van der Waals surface area contributed by atoms with E-state index in [1.807, 2.05) is 6.07 Å². The van der Waals surface area contributed by atoms with E-state index in [0.29, 0.717) is 18.4 Å². The van der Waals surface area contributed by atoms with Crippen molar-refractivity contribution in [2.45, 2.75) is 32.2 Å². The lowest BCUT2D eigenvalue weighted by molar-refractivity contribution is 0.133. The maximum absolute atomic E-state index is 9.42. The first-order chi connectivity index (χ1) is 9.74. The third-order valence-electron chi connectivity index (χ3n) is 4.25. The maximum atomic E-state index is 9.42. The number of nitrogens with one attached hydrogen (secondary N) is 1. The molecule has 2 rings (SSSR count). The summed E-state index contributed by atoms with van der Waals surface area (Å²) in [6, 6.07) is 6.16. The van der Waals surface area contributed by atoms with Crippen molar-refractivity contribution in [2.24, 2.45) is 11.8 Å². The van der Waals surface area contributed by atoms with Crippen LogP contribution < -0.4 is 10.1 Å². The fourth-order valence-corrected chi connectivity index (χ4v) is 3.60. The van der Waals surface area contributed by atoms with Gasteiger partial charge in [-0.1, -0.05) is 18.9 Å². The van der Waals surface area contributed by atoms with E-state index < -0.39 is 0 Å². The van der Waals surface area contributed by atoms with Crippen LogP contribution in [0.1, 0.15) is 31.2 Å². The molecule has 0 heterocycles. The van der Waals surface area contributed by atoms with Crippen molar-refractivity contribution < 1.29 is 9.84 Å². The summed E-state index contributed by atoms with van der Waals surface area (Å²) in [6.45, 7) is 2.19. The van der Waals surface area contributed by atoms with E-state index in [2.05, 4.69) is 33.4 Å². The van der Waals surface area contributed by atoms with Gasteiger partial charge in [0.25, 0.3) is 0 Å². The second-order valence-corrected chi connectivity index (χ2v) is 6.44. The number of methoxy groups -OCH3 is 1.